The van der Waals surface area contributed by atoms with Gasteiger partial charge in [0, 0.05) is 13.5 Å². The second-order valence-electron chi connectivity index (χ2n) is 4.53. The summed E-state index contributed by atoms with van der Waals surface area (Å²) in [5.41, 5.74) is 1.01. The van der Waals surface area contributed by atoms with Gasteiger partial charge in [-0.15, -0.1) is 0 Å². The summed E-state index contributed by atoms with van der Waals surface area (Å²) in [5.74, 6) is 0.862. The Morgan fingerprint density at radius 1 is 1.25 bits per heavy atom. The molecule has 0 N–H and O–H groups in total. The number of benzene rings is 1. The molecule has 0 aliphatic rings. The monoisotopic (exact) mass is 295 g/mol. The smallest absolute Gasteiger partial charge is 0.243 e. The highest BCUT2D eigenvalue weighted by atomic mass is 32.2. The predicted octanol–water partition coefficient (Wildman–Crippen LogP) is 1.76. The van der Waals surface area contributed by atoms with Crippen LogP contribution in [0.1, 0.15) is 24.2 Å². The lowest BCUT2D eigenvalue weighted by molar-refractivity contribution is 0.368. The lowest BCUT2D eigenvalue weighted by Crippen LogP contribution is -2.27. The van der Waals surface area contributed by atoms with Crippen LogP contribution in [0.3, 0.4) is 0 Å². The highest BCUT2D eigenvalue weighted by Crippen LogP contribution is 2.16. The van der Waals surface area contributed by atoms with Gasteiger partial charge in [0.2, 0.25) is 15.9 Å². The van der Waals surface area contributed by atoms with E-state index in [0.717, 1.165) is 5.56 Å². The molecule has 2 rings (SSSR count). The fourth-order valence-corrected chi connectivity index (χ4v) is 2.80. The van der Waals surface area contributed by atoms with E-state index in [0.29, 0.717) is 18.1 Å². The zero-order chi connectivity index (χ0) is 14.8. The van der Waals surface area contributed by atoms with E-state index in [4.69, 9.17) is 4.52 Å². The molecule has 2 aromatic rings. The van der Waals surface area contributed by atoms with Crippen molar-refractivity contribution in [2.75, 3.05) is 7.05 Å². The van der Waals surface area contributed by atoms with Crippen LogP contribution in [0.4, 0.5) is 0 Å². The van der Waals surface area contributed by atoms with Crippen molar-refractivity contribution in [2.24, 2.45) is 0 Å². The third kappa shape index (κ3) is 3.05. The van der Waals surface area contributed by atoms with Crippen LogP contribution >= 0.6 is 0 Å². The van der Waals surface area contributed by atoms with Crippen molar-refractivity contribution in [1.82, 2.24) is 14.4 Å². The number of hydrogen-bond donors (Lipinski definition) is 0. The molecule has 20 heavy (non-hydrogen) atoms. The van der Waals surface area contributed by atoms with Crippen molar-refractivity contribution in [3.05, 3.63) is 41.5 Å². The van der Waals surface area contributed by atoms with Crippen molar-refractivity contribution in [1.29, 1.82) is 0 Å². The zero-order valence-corrected chi connectivity index (χ0v) is 12.5. The second-order valence-corrected chi connectivity index (χ2v) is 6.58. The van der Waals surface area contributed by atoms with E-state index in [9.17, 15) is 8.42 Å². The van der Waals surface area contributed by atoms with Gasteiger partial charge in [-0.2, -0.15) is 9.29 Å². The molecule has 0 radical (unpaired) electrons. The molecule has 6 nitrogen and oxygen atoms in total. The number of aromatic nitrogens is 2. The summed E-state index contributed by atoms with van der Waals surface area (Å²) in [6.45, 7) is 3.88. The summed E-state index contributed by atoms with van der Waals surface area (Å²) in [5, 5.41) is 3.76. The first-order valence-electron chi connectivity index (χ1n) is 6.28. The van der Waals surface area contributed by atoms with E-state index in [1.807, 2.05) is 13.8 Å². The highest BCUT2D eigenvalue weighted by Gasteiger charge is 2.22. The van der Waals surface area contributed by atoms with E-state index < -0.39 is 10.0 Å². The Morgan fingerprint density at radius 2 is 1.90 bits per heavy atom. The van der Waals surface area contributed by atoms with Crippen molar-refractivity contribution in [3.63, 3.8) is 0 Å². The molecule has 1 heterocycles. The molecule has 0 saturated heterocycles. The first-order valence-corrected chi connectivity index (χ1v) is 7.72. The SMILES string of the molecule is CCc1nc(CN(C)S(=O)(=O)c2ccc(C)cc2)no1. The van der Waals surface area contributed by atoms with Crippen LogP contribution < -0.4 is 0 Å². The van der Waals surface area contributed by atoms with Crippen molar-refractivity contribution in [2.45, 2.75) is 31.7 Å². The fraction of sp³-hybridized carbons (Fsp3) is 0.385. The summed E-state index contributed by atoms with van der Waals surface area (Å²) >= 11 is 0. The quantitative estimate of drug-likeness (QED) is 0.840. The van der Waals surface area contributed by atoms with Crippen molar-refractivity contribution < 1.29 is 12.9 Å². The number of rotatable bonds is 5. The molecule has 0 spiro atoms. The lowest BCUT2D eigenvalue weighted by atomic mass is 10.2. The van der Waals surface area contributed by atoms with Gasteiger partial charge in [-0.25, -0.2) is 8.42 Å². The summed E-state index contributed by atoms with van der Waals surface area (Å²) in [7, 11) is -2.04. The summed E-state index contributed by atoms with van der Waals surface area (Å²) < 4.78 is 30.9. The van der Waals surface area contributed by atoms with Crippen LogP contribution in [0.2, 0.25) is 0 Å². The van der Waals surface area contributed by atoms with Crippen LogP contribution in [0.15, 0.2) is 33.7 Å². The number of aryl methyl sites for hydroxylation is 2. The third-order valence-corrected chi connectivity index (χ3v) is 4.72. The van der Waals surface area contributed by atoms with Crippen LogP contribution in [0.5, 0.6) is 0 Å². The number of nitrogens with zero attached hydrogens (tertiary/aromatic N) is 3. The Kier molecular flexibility index (Phi) is 4.20. The molecular weight excluding hydrogens is 278 g/mol. The molecule has 0 amide bonds. The van der Waals surface area contributed by atoms with Gasteiger partial charge in [0.15, 0.2) is 5.82 Å². The maximum Gasteiger partial charge on any atom is 0.243 e. The Bertz CT molecular complexity index is 677. The molecular formula is C13H17N3O3S. The minimum absolute atomic E-state index is 0.0830. The molecule has 0 unspecified atom stereocenters. The second kappa shape index (κ2) is 5.72. The van der Waals surface area contributed by atoms with E-state index in [1.165, 1.54) is 11.4 Å². The van der Waals surface area contributed by atoms with E-state index in [-0.39, 0.29) is 11.4 Å². The molecule has 0 saturated carbocycles. The summed E-state index contributed by atoms with van der Waals surface area (Å²) in [6.07, 6.45) is 0.626. The van der Waals surface area contributed by atoms with Gasteiger partial charge >= 0.3 is 0 Å². The standard InChI is InChI=1S/C13H17N3O3S/c1-4-13-14-12(15-19-13)9-16(3)20(17,18)11-7-5-10(2)6-8-11/h5-8H,4,9H2,1-3H3. The van der Waals surface area contributed by atoms with Crippen molar-refractivity contribution in [3.8, 4) is 0 Å². The Balaban J connectivity index is 2.18. The number of hydrogen-bond acceptors (Lipinski definition) is 5. The lowest BCUT2D eigenvalue weighted by Gasteiger charge is -2.15. The molecule has 0 fully saturated rings. The zero-order valence-electron chi connectivity index (χ0n) is 11.7. The Morgan fingerprint density at radius 3 is 2.45 bits per heavy atom. The van der Waals surface area contributed by atoms with Crippen LogP contribution in [0, 0.1) is 6.92 Å². The van der Waals surface area contributed by atoms with E-state index in [2.05, 4.69) is 10.1 Å². The minimum atomic E-state index is -3.54. The normalized spacial score (nSPS) is 12.0. The maximum atomic E-state index is 12.4. The van der Waals surface area contributed by atoms with Gasteiger partial charge < -0.3 is 4.52 Å². The van der Waals surface area contributed by atoms with E-state index >= 15 is 0 Å². The van der Waals surface area contributed by atoms with Gasteiger partial charge in [-0.1, -0.05) is 29.8 Å². The molecule has 0 aliphatic carbocycles. The van der Waals surface area contributed by atoms with Crippen LogP contribution in [-0.4, -0.2) is 29.9 Å². The largest absolute Gasteiger partial charge is 0.339 e. The highest BCUT2D eigenvalue weighted by molar-refractivity contribution is 7.89. The fourth-order valence-electron chi connectivity index (χ4n) is 1.67. The van der Waals surface area contributed by atoms with Gasteiger partial charge in [-0.05, 0) is 19.1 Å². The topological polar surface area (TPSA) is 76.3 Å². The van der Waals surface area contributed by atoms with E-state index in [1.54, 1.807) is 24.3 Å². The summed E-state index contributed by atoms with van der Waals surface area (Å²) in [6, 6.07) is 6.72. The van der Waals surface area contributed by atoms with Gasteiger partial charge in [-0.3, -0.25) is 0 Å². The van der Waals surface area contributed by atoms with Gasteiger partial charge in [0.1, 0.15) is 0 Å². The van der Waals surface area contributed by atoms with Gasteiger partial charge in [0.05, 0.1) is 11.4 Å². The molecule has 0 atom stereocenters. The van der Waals surface area contributed by atoms with Crippen molar-refractivity contribution >= 4 is 10.0 Å². The van der Waals surface area contributed by atoms with Crippen LogP contribution in [0.25, 0.3) is 0 Å². The van der Waals surface area contributed by atoms with Gasteiger partial charge in [0.25, 0.3) is 0 Å². The molecule has 1 aromatic heterocycles. The molecule has 0 bridgehead atoms. The molecule has 7 heteroatoms. The average Bonchev–Trinajstić information content (AvgIpc) is 2.87. The molecule has 108 valence electrons. The Hall–Kier alpha value is -1.73. The minimum Gasteiger partial charge on any atom is -0.339 e. The molecule has 0 aliphatic heterocycles. The first kappa shape index (κ1) is 14.7. The third-order valence-electron chi connectivity index (χ3n) is 2.91. The van der Waals surface area contributed by atoms with Crippen LogP contribution in [-0.2, 0) is 23.0 Å². The molecule has 1 aromatic carbocycles. The number of sulfonamides is 1. The Labute approximate surface area is 118 Å². The average molecular weight is 295 g/mol. The maximum absolute atomic E-state index is 12.4. The predicted molar refractivity (Wildman–Crippen MR) is 73.5 cm³/mol. The first-order chi connectivity index (χ1) is 9.43. The summed E-state index contributed by atoms with van der Waals surface area (Å²) in [4.78, 5) is 4.36.